The highest BCUT2D eigenvalue weighted by atomic mass is 35.5. The Labute approximate surface area is 179 Å². The number of ether oxygens (including phenoxy) is 1. The molecule has 9 heteroatoms. The third-order valence-electron chi connectivity index (χ3n) is 3.68. The van der Waals surface area contributed by atoms with Crippen LogP contribution >= 0.6 is 23.4 Å². The van der Waals surface area contributed by atoms with Gasteiger partial charge in [0.15, 0.2) is 5.78 Å². The van der Waals surface area contributed by atoms with E-state index in [0.29, 0.717) is 34.7 Å². The Morgan fingerprint density at radius 3 is 2.55 bits per heavy atom. The minimum atomic E-state index is -0.489. The number of halogens is 1. The fraction of sp³-hybridized carbons (Fsp3) is 0.500. The molecule has 7 nitrogen and oxygen atoms in total. The topological polar surface area (TPSA) is 94.3 Å². The lowest BCUT2D eigenvalue weighted by molar-refractivity contribution is 0.0526. The van der Waals surface area contributed by atoms with Crippen molar-refractivity contribution in [3.05, 3.63) is 40.7 Å². The van der Waals surface area contributed by atoms with E-state index in [-0.39, 0.29) is 11.5 Å². The Morgan fingerprint density at radius 1 is 1.14 bits per heavy atom. The lowest BCUT2D eigenvalue weighted by atomic mass is 10.1. The van der Waals surface area contributed by atoms with Crippen LogP contribution in [0.5, 0.6) is 0 Å². The Balaban J connectivity index is 1.61. The quantitative estimate of drug-likeness (QED) is 0.318. The molecular formula is C20H26ClN3O4S. The van der Waals surface area contributed by atoms with Gasteiger partial charge >= 0.3 is 6.09 Å². The van der Waals surface area contributed by atoms with E-state index in [0.717, 1.165) is 19.3 Å². The number of aryl methyl sites for hydroxylation is 1. The fourth-order valence-electron chi connectivity index (χ4n) is 2.33. The fourth-order valence-corrected chi connectivity index (χ4v) is 3.13. The van der Waals surface area contributed by atoms with Gasteiger partial charge in [0.2, 0.25) is 5.89 Å². The zero-order valence-corrected chi connectivity index (χ0v) is 18.4. The summed E-state index contributed by atoms with van der Waals surface area (Å²) in [5.41, 5.74) is 0.110. The van der Waals surface area contributed by atoms with Crippen LogP contribution in [-0.2, 0) is 11.2 Å². The van der Waals surface area contributed by atoms with Gasteiger partial charge in [-0.15, -0.1) is 10.2 Å². The lowest BCUT2D eigenvalue weighted by Gasteiger charge is -2.19. The number of carbonyl (C=O) groups is 2. The van der Waals surface area contributed by atoms with Crippen LogP contribution in [0.4, 0.5) is 4.79 Å². The third-order valence-corrected chi connectivity index (χ3v) is 4.75. The Bertz CT molecular complexity index is 803. The second-order valence-electron chi connectivity index (χ2n) is 7.42. The van der Waals surface area contributed by atoms with E-state index in [1.807, 2.05) is 20.8 Å². The Morgan fingerprint density at radius 2 is 1.86 bits per heavy atom. The summed E-state index contributed by atoms with van der Waals surface area (Å²) in [6.45, 7) is 6.05. The first-order valence-corrected chi connectivity index (χ1v) is 10.8. The van der Waals surface area contributed by atoms with E-state index in [1.165, 1.54) is 11.8 Å². The molecule has 0 aliphatic carbocycles. The highest BCUT2D eigenvalue weighted by Crippen LogP contribution is 2.19. The molecule has 1 aromatic carbocycles. The summed E-state index contributed by atoms with van der Waals surface area (Å²) in [4.78, 5) is 23.7. The van der Waals surface area contributed by atoms with Gasteiger partial charge < -0.3 is 14.5 Å². The predicted octanol–water partition coefficient (Wildman–Crippen LogP) is 4.94. The highest BCUT2D eigenvalue weighted by Gasteiger charge is 2.15. The van der Waals surface area contributed by atoms with Crippen LogP contribution in [-0.4, -0.2) is 40.0 Å². The Hall–Kier alpha value is -2.06. The van der Waals surface area contributed by atoms with Gasteiger partial charge in [0.05, 0.1) is 5.75 Å². The number of Topliss-reactive ketones (excluding diaryl/α,β-unsaturated/α-hetero) is 1. The normalized spacial score (nSPS) is 11.3. The van der Waals surface area contributed by atoms with Crippen molar-refractivity contribution in [2.45, 2.75) is 57.3 Å². The number of aromatic nitrogens is 2. The van der Waals surface area contributed by atoms with Gasteiger partial charge in [0.1, 0.15) is 5.60 Å². The molecule has 29 heavy (non-hydrogen) atoms. The zero-order chi connectivity index (χ0) is 21.3. The van der Waals surface area contributed by atoms with Gasteiger partial charge in [0.25, 0.3) is 5.22 Å². The number of nitrogens with one attached hydrogen (secondary N) is 1. The molecule has 2 aromatic rings. The van der Waals surface area contributed by atoms with Crippen LogP contribution < -0.4 is 5.32 Å². The number of amides is 1. The molecule has 0 aliphatic heterocycles. The zero-order valence-electron chi connectivity index (χ0n) is 16.9. The average molecular weight is 440 g/mol. The molecule has 2 rings (SSSR count). The molecule has 0 spiro atoms. The minimum Gasteiger partial charge on any atom is -0.444 e. The maximum atomic E-state index is 12.1. The van der Waals surface area contributed by atoms with Crippen LogP contribution in [0.2, 0.25) is 5.02 Å². The summed E-state index contributed by atoms with van der Waals surface area (Å²) in [5, 5.41) is 11.7. The van der Waals surface area contributed by atoms with E-state index in [1.54, 1.807) is 24.3 Å². The molecule has 0 saturated heterocycles. The number of carbonyl (C=O) groups excluding carboxylic acids is 2. The lowest BCUT2D eigenvalue weighted by Crippen LogP contribution is -2.32. The molecule has 0 aliphatic rings. The first-order valence-electron chi connectivity index (χ1n) is 9.44. The summed E-state index contributed by atoms with van der Waals surface area (Å²) < 4.78 is 10.7. The number of rotatable bonds is 10. The van der Waals surface area contributed by atoms with Gasteiger partial charge in [-0.1, -0.05) is 29.8 Å². The molecule has 1 heterocycles. The van der Waals surface area contributed by atoms with Gasteiger partial charge in [-0.2, -0.15) is 0 Å². The van der Waals surface area contributed by atoms with Crippen molar-refractivity contribution in [2.75, 3.05) is 12.3 Å². The van der Waals surface area contributed by atoms with E-state index in [9.17, 15) is 9.59 Å². The van der Waals surface area contributed by atoms with Crippen molar-refractivity contribution in [1.29, 1.82) is 0 Å². The number of alkyl carbamates (subject to hydrolysis) is 1. The standard InChI is InChI=1S/C20H26ClN3O4S/c1-20(2,3)28-18(26)22-12-6-4-5-7-17-23-24-19(27-17)29-13-16(25)14-8-10-15(21)11-9-14/h8-11H,4-7,12-13H2,1-3H3,(H,22,26). The monoisotopic (exact) mass is 439 g/mol. The average Bonchev–Trinajstić information content (AvgIpc) is 3.09. The van der Waals surface area contributed by atoms with Gasteiger partial charge in [-0.25, -0.2) is 4.79 Å². The second-order valence-corrected chi connectivity index (χ2v) is 8.78. The molecule has 0 unspecified atom stereocenters. The van der Waals surface area contributed by atoms with Crippen LogP contribution in [0.1, 0.15) is 56.3 Å². The second kappa shape index (κ2) is 11.2. The molecule has 158 valence electrons. The van der Waals surface area contributed by atoms with E-state index in [4.69, 9.17) is 20.8 Å². The van der Waals surface area contributed by atoms with E-state index >= 15 is 0 Å². The van der Waals surface area contributed by atoms with Crippen LogP contribution in [0.15, 0.2) is 33.9 Å². The molecular weight excluding hydrogens is 414 g/mol. The van der Waals surface area contributed by atoms with Crippen molar-refractivity contribution in [3.8, 4) is 0 Å². The molecule has 0 atom stereocenters. The van der Waals surface area contributed by atoms with E-state index < -0.39 is 11.7 Å². The largest absolute Gasteiger partial charge is 0.444 e. The van der Waals surface area contributed by atoms with Gasteiger partial charge in [0, 0.05) is 23.6 Å². The van der Waals surface area contributed by atoms with Crippen molar-refractivity contribution in [3.63, 3.8) is 0 Å². The molecule has 1 amide bonds. The van der Waals surface area contributed by atoms with Crippen LogP contribution in [0.3, 0.4) is 0 Å². The third kappa shape index (κ3) is 9.32. The van der Waals surface area contributed by atoms with Gasteiger partial charge in [-0.05, 0) is 57.9 Å². The smallest absolute Gasteiger partial charge is 0.407 e. The molecule has 0 bridgehead atoms. The number of hydrogen-bond acceptors (Lipinski definition) is 7. The molecule has 0 radical (unpaired) electrons. The van der Waals surface area contributed by atoms with Gasteiger partial charge in [-0.3, -0.25) is 4.79 Å². The summed E-state index contributed by atoms with van der Waals surface area (Å²) in [7, 11) is 0. The number of thioether (sulfide) groups is 1. The number of nitrogens with zero attached hydrogens (tertiary/aromatic N) is 2. The van der Waals surface area contributed by atoms with Crippen molar-refractivity contribution >= 4 is 35.2 Å². The predicted molar refractivity (Wildman–Crippen MR) is 113 cm³/mol. The number of ketones is 1. The molecule has 0 saturated carbocycles. The molecule has 1 N–H and O–H groups in total. The number of hydrogen-bond donors (Lipinski definition) is 1. The maximum Gasteiger partial charge on any atom is 0.407 e. The summed E-state index contributed by atoms with van der Waals surface area (Å²) in [5.74, 6) is 0.745. The van der Waals surface area contributed by atoms with Crippen LogP contribution in [0, 0.1) is 0 Å². The number of benzene rings is 1. The van der Waals surface area contributed by atoms with E-state index in [2.05, 4.69) is 15.5 Å². The SMILES string of the molecule is CC(C)(C)OC(=O)NCCCCCc1nnc(SCC(=O)c2ccc(Cl)cc2)o1. The summed E-state index contributed by atoms with van der Waals surface area (Å²) in [6.07, 6.45) is 2.88. The van der Waals surface area contributed by atoms with Crippen LogP contribution in [0.25, 0.3) is 0 Å². The first-order chi connectivity index (χ1) is 13.7. The number of unbranched alkanes of at least 4 members (excludes halogenated alkanes) is 2. The van der Waals surface area contributed by atoms with Crippen molar-refractivity contribution < 1.29 is 18.7 Å². The summed E-state index contributed by atoms with van der Waals surface area (Å²) in [6, 6.07) is 6.77. The van der Waals surface area contributed by atoms with Crippen molar-refractivity contribution in [2.24, 2.45) is 0 Å². The summed E-state index contributed by atoms with van der Waals surface area (Å²) >= 11 is 7.04. The maximum absolute atomic E-state index is 12.1. The Kier molecular flexibility index (Phi) is 8.98. The molecule has 1 aromatic heterocycles. The molecule has 0 fully saturated rings. The van der Waals surface area contributed by atoms with Crippen molar-refractivity contribution in [1.82, 2.24) is 15.5 Å². The first kappa shape index (κ1) is 23.2. The minimum absolute atomic E-state index is 0.0242. The highest BCUT2D eigenvalue weighted by molar-refractivity contribution is 7.99.